The largest absolute Gasteiger partial charge is 0.330 e. The molecule has 4 rings (SSSR count). The maximum atomic E-state index is 5.99. The smallest absolute Gasteiger partial charge is 0.00201 e. The highest BCUT2D eigenvalue weighted by atomic mass is 14.7. The summed E-state index contributed by atoms with van der Waals surface area (Å²) in [6, 6.07) is 0. The predicted molar refractivity (Wildman–Crippen MR) is 54.3 cm³/mol. The molecule has 4 fully saturated rings. The number of hydrogen-bond donors (Lipinski definition) is 1. The van der Waals surface area contributed by atoms with Crippen molar-refractivity contribution in [3.63, 3.8) is 0 Å². The fraction of sp³-hybridized carbons (Fsp3) is 1.00. The summed E-state index contributed by atoms with van der Waals surface area (Å²) in [5, 5.41) is 0. The summed E-state index contributed by atoms with van der Waals surface area (Å²) in [5.74, 6) is 2.07. The minimum Gasteiger partial charge on any atom is -0.330 e. The molecule has 0 heterocycles. The van der Waals surface area contributed by atoms with Crippen LogP contribution in [0, 0.1) is 22.7 Å². The highest BCUT2D eigenvalue weighted by Crippen LogP contribution is 2.64. The van der Waals surface area contributed by atoms with Gasteiger partial charge in [0.25, 0.3) is 0 Å². The van der Waals surface area contributed by atoms with Crippen LogP contribution in [0.5, 0.6) is 0 Å². The molecule has 0 amide bonds. The summed E-state index contributed by atoms with van der Waals surface area (Å²) in [5.41, 5.74) is 7.25. The highest BCUT2D eigenvalue weighted by Gasteiger charge is 2.54. The monoisotopic (exact) mass is 179 g/mol. The number of hydrogen-bond acceptors (Lipinski definition) is 1. The molecule has 2 atom stereocenters. The van der Waals surface area contributed by atoms with Crippen LogP contribution in [0.3, 0.4) is 0 Å². The quantitative estimate of drug-likeness (QED) is 0.657. The van der Waals surface area contributed by atoms with Crippen LogP contribution in [-0.2, 0) is 0 Å². The van der Waals surface area contributed by atoms with Crippen LogP contribution in [0.4, 0.5) is 0 Å². The summed E-state index contributed by atoms with van der Waals surface area (Å²) < 4.78 is 0. The van der Waals surface area contributed by atoms with Crippen LogP contribution < -0.4 is 5.73 Å². The minimum atomic E-state index is 0.582. The standard InChI is InChI=1S/C12H21N/c1-11-3-9-2-10(4-11)6-12(5-9,7-11)8-13/h9-10H,2-8,13H2,1H3/t9-,10-,11?,12?/m0/s1. The Morgan fingerprint density at radius 1 is 1.15 bits per heavy atom. The van der Waals surface area contributed by atoms with Crippen LogP contribution in [-0.4, -0.2) is 6.54 Å². The van der Waals surface area contributed by atoms with E-state index in [1.165, 1.54) is 38.5 Å². The fourth-order valence-corrected chi connectivity index (χ4v) is 5.17. The second-order valence-electron chi connectivity index (χ2n) is 6.48. The van der Waals surface area contributed by atoms with Gasteiger partial charge in [0.05, 0.1) is 0 Å². The zero-order valence-electron chi connectivity index (χ0n) is 8.68. The van der Waals surface area contributed by atoms with E-state index in [1.54, 1.807) is 0 Å². The molecule has 4 aliphatic carbocycles. The van der Waals surface area contributed by atoms with Gasteiger partial charge in [0.2, 0.25) is 0 Å². The van der Waals surface area contributed by atoms with Crippen molar-refractivity contribution in [2.24, 2.45) is 28.4 Å². The van der Waals surface area contributed by atoms with E-state index in [1.807, 2.05) is 0 Å². The minimum absolute atomic E-state index is 0.582. The molecule has 0 radical (unpaired) electrons. The van der Waals surface area contributed by atoms with Gasteiger partial charge in [-0.05, 0) is 67.7 Å². The van der Waals surface area contributed by atoms with Crippen molar-refractivity contribution in [1.29, 1.82) is 0 Å². The molecule has 0 aromatic rings. The van der Waals surface area contributed by atoms with Crippen molar-refractivity contribution in [3.05, 3.63) is 0 Å². The second-order valence-corrected chi connectivity index (χ2v) is 6.48. The van der Waals surface area contributed by atoms with E-state index in [4.69, 9.17) is 5.73 Å². The molecule has 0 spiro atoms. The first-order valence-electron chi connectivity index (χ1n) is 5.83. The van der Waals surface area contributed by atoms with Gasteiger partial charge in [0.15, 0.2) is 0 Å². The molecule has 0 aliphatic heterocycles. The normalized spacial score (nSPS) is 58.6. The third kappa shape index (κ3) is 1.09. The maximum Gasteiger partial charge on any atom is -0.00201 e. The topological polar surface area (TPSA) is 26.0 Å². The fourth-order valence-electron chi connectivity index (χ4n) is 5.17. The lowest BCUT2D eigenvalue weighted by Crippen LogP contribution is -2.53. The summed E-state index contributed by atoms with van der Waals surface area (Å²) in [4.78, 5) is 0. The van der Waals surface area contributed by atoms with Crippen molar-refractivity contribution >= 4 is 0 Å². The average Bonchev–Trinajstić information content (AvgIpc) is 1.99. The molecule has 0 saturated heterocycles. The molecule has 4 bridgehead atoms. The van der Waals surface area contributed by atoms with Crippen LogP contribution in [0.2, 0.25) is 0 Å². The Balaban J connectivity index is 1.95. The number of nitrogens with two attached hydrogens (primary N) is 1. The molecule has 0 aromatic heterocycles. The van der Waals surface area contributed by atoms with E-state index >= 15 is 0 Å². The van der Waals surface area contributed by atoms with Gasteiger partial charge in [-0.3, -0.25) is 0 Å². The SMILES string of the molecule is CC12C[C@@H]3C[C@@H](C1)CC(CN)(C3)C2. The molecule has 1 heteroatoms. The average molecular weight is 179 g/mol. The number of rotatable bonds is 1. The molecule has 0 unspecified atom stereocenters. The van der Waals surface area contributed by atoms with Gasteiger partial charge in [-0.15, -0.1) is 0 Å². The highest BCUT2D eigenvalue weighted by molar-refractivity contribution is 5.06. The third-order valence-electron chi connectivity index (χ3n) is 4.91. The molecule has 4 saturated carbocycles. The third-order valence-corrected chi connectivity index (χ3v) is 4.91. The molecular weight excluding hydrogens is 158 g/mol. The van der Waals surface area contributed by atoms with Gasteiger partial charge in [-0.25, -0.2) is 0 Å². The van der Waals surface area contributed by atoms with Gasteiger partial charge in [0.1, 0.15) is 0 Å². The zero-order chi connectivity index (χ0) is 9.10. The van der Waals surface area contributed by atoms with E-state index in [0.29, 0.717) is 10.8 Å². The molecular formula is C12H21N. The lowest BCUT2D eigenvalue weighted by atomic mass is 9.45. The van der Waals surface area contributed by atoms with Crippen molar-refractivity contribution in [1.82, 2.24) is 0 Å². The van der Waals surface area contributed by atoms with Crippen molar-refractivity contribution in [3.8, 4) is 0 Å². The Bertz CT molecular complexity index is 219. The Hall–Kier alpha value is -0.0400. The van der Waals surface area contributed by atoms with Crippen LogP contribution in [0.25, 0.3) is 0 Å². The van der Waals surface area contributed by atoms with Gasteiger partial charge in [-0.1, -0.05) is 6.92 Å². The van der Waals surface area contributed by atoms with Crippen molar-refractivity contribution in [2.45, 2.75) is 45.4 Å². The van der Waals surface area contributed by atoms with Gasteiger partial charge in [-0.2, -0.15) is 0 Å². The van der Waals surface area contributed by atoms with E-state index in [0.717, 1.165) is 18.4 Å². The zero-order valence-corrected chi connectivity index (χ0v) is 8.68. The van der Waals surface area contributed by atoms with Crippen LogP contribution in [0.1, 0.15) is 45.4 Å². The first-order chi connectivity index (χ1) is 6.13. The van der Waals surface area contributed by atoms with E-state index in [-0.39, 0.29) is 0 Å². The molecule has 0 aromatic carbocycles. The first kappa shape index (κ1) is 8.28. The maximum absolute atomic E-state index is 5.99. The van der Waals surface area contributed by atoms with Crippen LogP contribution >= 0.6 is 0 Å². The first-order valence-corrected chi connectivity index (χ1v) is 5.83. The Morgan fingerprint density at radius 3 is 2.23 bits per heavy atom. The Labute approximate surface area is 81.1 Å². The molecule has 74 valence electrons. The molecule has 13 heavy (non-hydrogen) atoms. The molecule has 2 N–H and O–H groups in total. The van der Waals surface area contributed by atoms with Gasteiger partial charge < -0.3 is 5.73 Å². The Morgan fingerprint density at radius 2 is 1.77 bits per heavy atom. The molecule has 4 aliphatic rings. The lowest BCUT2D eigenvalue weighted by molar-refractivity contribution is -0.0964. The van der Waals surface area contributed by atoms with Gasteiger partial charge in [0, 0.05) is 0 Å². The van der Waals surface area contributed by atoms with Crippen LogP contribution in [0.15, 0.2) is 0 Å². The van der Waals surface area contributed by atoms with E-state index in [9.17, 15) is 0 Å². The predicted octanol–water partition coefficient (Wildman–Crippen LogP) is 2.55. The summed E-state index contributed by atoms with van der Waals surface area (Å²) >= 11 is 0. The summed E-state index contributed by atoms with van der Waals surface area (Å²) in [7, 11) is 0. The van der Waals surface area contributed by atoms with Crippen molar-refractivity contribution in [2.75, 3.05) is 6.54 Å². The Kier molecular flexibility index (Phi) is 1.47. The van der Waals surface area contributed by atoms with E-state index in [2.05, 4.69) is 6.92 Å². The lowest BCUT2D eigenvalue weighted by Gasteiger charge is -2.61. The molecule has 1 nitrogen and oxygen atoms in total. The van der Waals surface area contributed by atoms with Crippen molar-refractivity contribution < 1.29 is 0 Å². The summed E-state index contributed by atoms with van der Waals surface area (Å²) in [6.07, 6.45) is 8.88. The summed E-state index contributed by atoms with van der Waals surface area (Å²) in [6.45, 7) is 3.46. The van der Waals surface area contributed by atoms with Gasteiger partial charge >= 0.3 is 0 Å². The second kappa shape index (κ2) is 2.31. The van der Waals surface area contributed by atoms with E-state index < -0.39 is 0 Å².